The molecule has 86 valence electrons. The first-order valence-corrected chi connectivity index (χ1v) is 6.40. The lowest BCUT2D eigenvalue weighted by molar-refractivity contribution is 0.145. The predicted molar refractivity (Wildman–Crippen MR) is 64.5 cm³/mol. The standard InChI is InChI=1S/C11H20N2OS/c1-3-14-8-4-6-12-7-5-11-10(2)13-9-15-11/h9,12H,3-8H2,1-2H3. The van der Waals surface area contributed by atoms with E-state index in [0.29, 0.717) is 0 Å². The molecular weight excluding hydrogens is 208 g/mol. The van der Waals surface area contributed by atoms with E-state index in [9.17, 15) is 0 Å². The summed E-state index contributed by atoms with van der Waals surface area (Å²) in [4.78, 5) is 5.62. The highest BCUT2D eigenvalue weighted by Crippen LogP contribution is 2.11. The molecule has 0 saturated carbocycles. The van der Waals surface area contributed by atoms with Gasteiger partial charge in [-0.25, -0.2) is 4.98 Å². The Morgan fingerprint density at radius 2 is 2.33 bits per heavy atom. The van der Waals surface area contributed by atoms with Gasteiger partial charge in [-0.15, -0.1) is 11.3 Å². The van der Waals surface area contributed by atoms with Crippen molar-refractivity contribution in [1.29, 1.82) is 0 Å². The third kappa shape index (κ3) is 5.25. The number of hydrogen-bond donors (Lipinski definition) is 1. The molecule has 0 amide bonds. The first-order valence-electron chi connectivity index (χ1n) is 5.52. The lowest BCUT2D eigenvalue weighted by Gasteiger charge is -2.04. The lowest BCUT2D eigenvalue weighted by atomic mass is 10.3. The molecule has 1 aromatic rings. The Hall–Kier alpha value is -0.450. The fourth-order valence-corrected chi connectivity index (χ4v) is 2.12. The molecule has 3 nitrogen and oxygen atoms in total. The summed E-state index contributed by atoms with van der Waals surface area (Å²) >= 11 is 1.75. The first-order chi connectivity index (χ1) is 7.34. The molecule has 1 aromatic heterocycles. The van der Waals surface area contributed by atoms with Crippen molar-refractivity contribution in [2.75, 3.05) is 26.3 Å². The highest BCUT2D eigenvalue weighted by Gasteiger charge is 1.99. The van der Waals surface area contributed by atoms with Crippen molar-refractivity contribution >= 4 is 11.3 Å². The third-order valence-corrected chi connectivity index (χ3v) is 3.21. The molecule has 0 fully saturated rings. The van der Waals surface area contributed by atoms with E-state index in [2.05, 4.69) is 17.2 Å². The van der Waals surface area contributed by atoms with E-state index in [-0.39, 0.29) is 0 Å². The van der Waals surface area contributed by atoms with Gasteiger partial charge < -0.3 is 10.1 Å². The van der Waals surface area contributed by atoms with E-state index in [1.165, 1.54) is 10.6 Å². The van der Waals surface area contributed by atoms with Crippen LogP contribution in [0.15, 0.2) is 5.51 Å². The van der Waals surface area contributed by atoms with Crippen molar-refractivity contribution in [2.45, 2.75) is 26.7 Å². The zero-order valence-electron chi connectivity index (χ0n) is 9.58. The third-order valence-electron chi connectivity index (χ3n) is 2.22. The van der Waals surface area contributed by atoms with Gasteiger partial charge in [0.05, 0.1) is 11.2 Å². The Bertz CT molecular complexity index is 263. The topological polar surface area (TPSA) is 34.1 Å². The van der Waals surface area contributed by atoms with Crippen LogP contribution in [0.1, 0.15) is 23.9 Å². The van der Waals surface area contributed by atoms with E-state index in [1.54, 1.807) is 11.3 Å². The minimum atomic E-state index is 0.820. The largest absolute Gasteiger partial charge is 0.382 e. The number of aryl methyl sites for hydroxylation is 1. The van der Waals surface area contributed by atoms with Crippen LogP contribution < -0.4 is 5.32 Å². The van der Waals surface area contributed by atoms with Crippen LogP contribution in [0, 0.1) is 6.92 Å². The van der Waals surface area contributed by atoms with Crippen molar-refractivity contribution < 1.29 is 4.74 Å². The second kappa shape index (κ2) is 7.79. The lowest BCUT2D eigenvalue weighted by Crippen LogP contribution is -2.19. The average Bonchev–Trinajstić information content (AvgIpc) is 2.63. The maximum absolute atomic E-state index is 5.26. The summed E-state index contributed by atoms with van der Waals surface area (Å²) in [5.41, 5.74) is 3.09. The summed E-state index contributed by atoms with van der Waals surface area (Å²) in [6.07, 6.45) is 2.18. The fourth-order valence-electron chi connectivity index (χ4n) is 1.34. The van der Waals surface area contributed by atoms with Gasteiger partial charge in [0.2, 0.25) is 0 Å². The van der Waals surface area contributed by atoms with Crippen molar-refractivity contribution in [2.24, 2.45) is 0 Å². The van der Waals surface area contributed by atoms with Gasteiger partial charge in [-0.2, -0.15) is 0 Å². The van der Waals surface area contributed by atoms with Gasteiger partial charge in [0, 0.05) is 24.6 Å². The molecule has 1 rings (SSSR count). The maximum Gasteiger partial charge on any atom is 0.0797 e. The molecule has 0 aliphatic rings. The Labute approximate surface area is 95.9 Å². The molecule has 0 radical (unpaired) electrons. The van der Waals surface area contributed by atoms with Gasteiger partial charge in [0.1, 0.15) is 0 Å². The SMILES string of the molecule is CCOCCCNCCc1scnc1C. The average molecular weight is 228 g/mol. The van der Waals surface area contributed by atoms with Crippen LogP contribution in [0.4, 0.5) is 0 Å². The molecule has 1 N–H and O–H groups in total. The van der Waals surface area contributed by atoms with Gasteiger partial charge in [-0.1, -0.05) is 0 Å². The summed E-state index contributed by atoms with van der Waals surface area (Å²) in [7, 11) is 0. The van der Waals surface area contributed by atoms with Gasteiger partial charge in [0.15, 0.2) is 0 Å². The predicted octanol–water partition coefficient (Wildman–Crippen LogP) is 2.01. The Morgan fingerprint density at radius 1 is 1.47 bits per heavy atom. The van der Waals surface area contributed by atoms with Crippen molar-refractivity contribution in [1.82, 2.24) is 10.3 Å². The Morgan fingerprint density at radius 3 is 3.00 bits per heavy atom. The summed E-state index contributed by atoms with van der Waals surface area (Å²) in [5, 5.41) is 3.41. The van der Waals surface area contributed by atoms with E-state index >= 15 is 0 Å². The number of nitrogens with one attached hydrogen (secondary N) is 1. The number of rotatable bonds is 8. The van der Waals surface area contributed by atoms with E-state index in [0.717, 1.165) is 39.1 Å². The maximum atomic E-state index is 5.26. The number of thiazole rings is 1. The summed E-state index contributed by atoms with van der Waals surface area (Å²) in [6, 6.07) is 0. The van der Waals surface area contributed by atoms with Gasteiger partial charge >= 0.3 is 0 Å². The molecule has 0 unspecified atom stereocenters. The molecular formula is C11H20N2OS. The zero-order valence-corrected chi connectivity index (χ0v) is 10.4. The number of ether oxygens (including phenoxy) is 1. The molecule has 1 heterocycles. The van der Waals surface area contributed by atoms with Crippen molar-refractivity contribution in [3.8, 4) is 0 Å². The summed E-state index contributed by atoms with van der Waals surface area (Å²) in [6.45, 7) is 7.86. The molecule has 0 atom stereocenters. The monoisotopic (exact) mass is 228 g/mol. The van der Waals surface area contributed by atoms with Crippen LogP contribution >= 0.6 is 11.3 Å². The Kier molecular flexibility index (Phi) is 6.55. The molecule has 0 aliphatic heterocycles. The fraction of sp³-hybridized carbons (Fsp3) is 0.727. The van der Waals surface area contributed by atoms with Gasteiger partial charge in [-0.3, -0.25) is 0 Å². The number of hydrogen-bond acceptors (Lipinski definition) is 4. The van der Waals surface area contributed by atoms with Crippen molar-refractivity contribution in [3.05, 3.63) is 16.1 Å². The van der Waals surface area contributed by atoms with Crippen LogP contribution in [-0.2, 0) is 11.2 Å². The van der Waals surface area contributed by atoms with E-state index in [1.807, 2.05) is 12.4 Å². The van der Waals surface area contributed by atoms with Gasteiger partial charge in [-0.05, 0) is 33.2 Å². The molecule has 0 saturated heterocycles. The summed E-state index contributed by atoms with van der Waals surface area (Å²) < 4.78 is 5.26. The quantitative estimate of drug-likeness (QED) is 0.691. The van der Waals surface area contributed by atoms with Crippen LogP contribution in [0.3, 0.4) is 0 Å². The van der Waals surface area contributed by atoms with Crippen LogP contribution in [0.25, 0.3) is 0 Å². The van der Waals surface area contributed by atoms with Gasteiger partial charge in [0.25, 0.3) is 0 Å². The van der Waals surface area contributed by atoms with Crippen LogP contribution in [-0.4, -0.2) is 31.3 Å². The highest BCUT2D eigenvalue weighted by atomic mass is 32.1. The molecule has 0 aliphatic carbocycles. The normalized spacial score (nSPS) is 10.8. The first kappa shape index (κ1) is 12.6. The second-order valence-corrected chi connectivity index (χ2v) is 4.35. The minimum absolute atomic E-state index is 0.820. The van der Waals surface area contributed by atoms with E-state index in [4.69, 9.17) is 4.74 Å². The van der Waals surface area contributed by atoms with Crippen LogP contribution in [0.5, 0.6) is 0 Å². The molecule has 0 aromatic carbocycles. The molecule has 0 spiro atoms. The molecule has 0 bridgehead atoms. The smallest absolute Gasteiger partial charge is 0.0797 e. The second-order valence-electron chi connectivity index (χ2n) is 3.41. The number of nitrogens with zero attached hydrogens (tertiary/aromatic N) is 1. The zero-order chi connectivity index (χ0) is 10.9. The van der Waals surface area contributed by atoms with Crippen LogP contribution in [0.2, 0.25) is 0 Å². The number of aromatic nitrogens is 1. The minimum Gasteiger partial charge on any atom is -0.382 e. The molecule has 15 heavy (non-hydrogen) atoms. The van der Waals surface area contributed by atoms with Crippen molar-refractivity contribution in [3.63, 3.8) is 0 Å². The van der Waals surface area contributed by atoms with E-state index < -0.39 is 0 Å². The molecule has 4 heteroatoms. The highest BCUT2D eigenvalue weighted by molar-refractivity contribution is 7.09. The summed E-state index contributed by atoms with van der Waals surface area (Å²) in [5.74, 6) is 0. The Balaban J connectivity index is 1.96.